The molecule has 0 saturated heterocycles. The highest BCUT2D eigenvalue weighted by Crippen LogP contribution is 2.37. The number of allylic oxidation sites excluding steroid dienone is 1. The van der Waals surface area contributed by atoms with Crippen LogP contribution in [-0.2, 0) is 27.0 Å². The summed E-state index contributed by atoms with van der Waals surface area (Å²) in [6.07, 6.45) is -8.82. The van der Waals surface area contributed by atoms with Gasteiger partial charge >= 0.3 is 12.4 Å². The maximum absolute atomic E-state index is 12.7. The molecule has 23 heavy (non-hydrogen) atoms. The number of carbonyl (C=O) groups excluding carboxylic acids is 1. The van der Waals surface area contributed by atoms with Gasteiger partial charge in [0, 0.05) is 11.8 Å². The summed E-state index contributed by atoms with van der Waals surface area (Å²) in [5.74, 6) is 0. The number of hydrogen-bond donors (Lipinski definition) is 0. The lowest BCUT2D eigenvalue weighted by atomic mass is 10.1. The van der Waals surface area contributed by atoms with E-state index < -0.39 is 38.2 Å². The summed E-state index contributed by atoms with van der Waals surface area (Å²) in [5.41, 5.74) is -3.43. The summed E-state index contributed by atoms with van der Waals surface area (Å²) in [6.45, 7) is 0. The maximum Gasteiger partial charge on any atom is 0.416 e. The van der Waals surface area contributed by atoms with Crippen LogP contribution in [0.25, 0.3) is 0 Å². The highest BCUT2D eigenvalue weighted by atomic mass is 32.2. The Hall–Kier alpha value is -1.84. The summed E-state index contributed by atoms with van der Waals surface area (Å²) in [7, 11) is -4.50. The molecule has 0 aliphatic rings. The Morgan fingerprint density at radius 1 is 0.870 bits per heavy atom. The van der Waals surface area contributed by atoms with Gasteiger partial charge in [-0.05, 0) is 24.6 Å². The van der Waals surface area contributed by atoms with Crippen LogP contribution in [0.5, 0.6) is 0 Å². The van der Waals surface area contributed by atoms with Gasteiger partial charge in [0.1, 0.15) is 6.29 Å². The molecule has 0 bridgehead atoms. The zero-order valence-electron chi connectivity index (χ0n) is 11.3. The Kier molecular flexibility index (Phi) is 5.62. The van der Waals surface area contributed by atoms with Crippen LogP contribution in [0.4, 0.5) is 26.3 Å². The van der Waals surface area contributed by atoms with Gasteiger partial charge in [0.05, 0.1) is 16.0 Å². The van der Waals surface area contributed by atoms with Crippen molar-refractivity contribution in [2.24, 2.45) is 0 Å². The van der Waals surface area contributed by atoms with Crippen molar-refractivity contribution in [3.05, 3.63) is 40.8 Å². The number of unbranched alkanes of at least 4 members (excludes halogenated alkanes) is 1. The average Bonchev–Trinajstić information content (AvgIpc) is 2.41. The Bertz CT molecular complexity index is 669. The number of rotatable bonds is 5. The van der Waals surface area contributed by atoms with Gasteiger partial charge in [-0.25, -0.2) is 8.42 Å². The molecule has 0 saturated carbocycles. The lowest BCUT2D eigenvalue weighted by Gasteiger charge is -2.13. The monoisotopic (exact) mass is 360 g/mol. The standard InChI is InChI=1S/C13H10F6O3S/c14-12(15,16)9-6-10(13(17,18)19)8-11(7-9)23(21,22)5-3-1-2-4-20/h3-8H,1-2H2/b5-3+. The van der Waals surface area contributed by atoms with Crippen molar-refractivity contribution >= 4 is 16.1 Å². The van der Waals surface area contributed by atoms with Crippen LogP contribution < -0.4 is 0 Å². The number of carbonyl (C=O) groups is 1. The fourth-order valence-electron chi connectivity index (χ4n) is 1.53. The third-order valence-electron chi connectivity index (χ3n) is 2.62. The molecule has 0 aliphatic carbocycles. The van der Waals surface area contributed by atoms with Gasteiger partial charge in [0.25, 0.3) is 0 Å². The van der Waals surface area contributed by atoms with Gasteiger partial charge in [-0.2, -0.15) is 26.3 Å². The third-order valence-corrected chi connectivity index (χ3v) is 4.06. The van der Waals surface area contributed by atoms with E-state index in [0.717, 1.165) is 6.08 Å². The first-order chi connectivity index (χ1) is 10.4. The molecule has 3 nitrogen and oxygen atoms in total. The van der Waals surface area contributed by atoms with E-state index in [0.29, 0.717) is 11.7 Å². The minimum Gasteiger partial charge on any atom is -0.303 e. The second-order valence-corrected chi connectivity index (χ2v) is 6.24. The second kappa shape index (κ2) is 6.73. The molecule has 0 aliphatic heterocycles. The molecule has 0 spiro atoms. The number of sulfone groups is 1. The number of aldehydes is 1. The summed E-state index contributed by atoms with van der Waals surface area (Å²) >= 11 is 0. The van der Waals surface area contributed by atoms with E-state index in [9.17, 15) is 39.6 Å². The topological polar surface area (TPSA) is 51.2 Å². The van der Waals surface area contributed by atoms with Crippen molar-refractivity contribution in [1.82, 2.24) is 0 Å². The van der Waals surface area contributed by atoms with E-state index in [-0.39, 0.29) is 31.0 Å². The van der Waals surface area contributed by atoms with Crippen molar-refractivity contribution in [3.63, 3.8) is 0 Å². The smallest absolute Gasteiger partial charge is 0.303 e. The molecule has 0 unspecified atom stereocenters. The van der Waals surface area contributed by atoms with Crippen molar-refractivity contribution in [2.45, 2.75) is 30.1 Å². The molecule has 0 heterocycles. The summed E-state index contributed by atoms with van der Waals surface area (Å²) in [6, 6.07) is 0.110. The fraction of sp³-hybridized carbons (Fsp3) is 0.308. The van der Waals surface area contributed by atoms with Crippen LogP contribution in [0.1, 0.15) is 24.0 Å². The number of benzene rings is 1. The first-order valence-electron chi connectivity index (χ1n) is 6.02. The second-order valence-electron chi connectivity index (χ2n) is 4.40. The summed E-state index contributed by atoms with van der Waals surface area (Å²) < 4.78 is 99.6. The van der Waals surface area contributed by atoms with E-state index in [2.05, 4.69) is 0 Å². The summed E-state index contributed by atoms with van der Waals surface area (Å²) in [5, 5.41) is 0.478. The number of halogens is 6. The Morgan fingerprint density at radius 3 is 1.74 bits per heavy atom. The van der Waals surface area contributed by atoms with Gasteiger partial charge in [-0.3, -0.25) is 0 Å². The number of hydrogen-bond acceptors (Lipinski definition) is 3. The Labute approximate surface area is 127 Å². The van der Waals surface area contributed by atoms with Crippen LogP contribution in [0, 0.1) is 0 Å². The highest BCUT2D eigenvalue weighted by molar-refractivity contribution is 7.94. The molecule has 1 aromatic carbocycles. The highest BCUT2D eigenvalue weighted by Gasteiger charge is 2.37. The Morgan fingerprint density at radius 2 is 1.35 bits per heavy atom. The molecular weight excluding hydrogens is 350 g/mol. The lowest BCUT2D eigenvalue weighted by Crippen LogP contribution is -2.13. The van der Waals surface area contributed by atoms with Crippen LogP contribution in [0.15, 0.2) is 34.6 Å². The van der Waals surface area contributed by atoms with Crippen LogP contribution >= 0.6 is 0 Å². The van der Waals surface area contributed by atoms with Crippen molar-refractivity contribution in [3.8, 4) is 0 Å². The normalized spacial score (nSPS) is 13.5. The molecule has 0 aromatic heterocycles. The first-order valence-corrected chi connectivity index (χ1v) is 7.57. The molecule has 0 amide bonds. The molecule has 0 atom stereocenters. The molecular formula is C13H10F6O3S. The predicted octanol–water partition coefficient (Wildman–Crippen LogP) is 3.99. The third kappa shape index (κ3) is 5.38. The van der Waals surface area contributed by atoms with Crippen LogP contribution in [-0.4, -0.2) is 14.7 Å². The SMILES string of the molecule is O=CCC/C=C/S(=O)(=O)c1cc(C(F)(F)F)cc(C(F)(F)F)c1. The van der Waals surface area contributed by atoms with Gasteiger partial charge in [0.2, 0.25) is 0 Å². The fourth-order valence-corrected chi connectivity index (χ4v) is 2.66. The van der Waals surface area contributed by atoms with Crippen molar-refractivity contribution in [2.75, 3.05) is 0 Å². The molecule has 1 aromatic rings. The molecule has 10 heteroatoms. The number of alkyl halides is 6. The maximum atomic E-state index is 12.7. The average molecular weight is 360 g/mol. The zero-order chi connectivity index (χ0) is 17.9. The van der Waals surface area contributed by atoms with Gasteiger partial charge < -0.3 is 4.79 Å². The van der Waals surface area contributed by atoms with E-state index in [1.807, 2.05) is 0 Å². The molecule has 1 rings (SSSR count). The molecule has 0 radical (unpaired) electrons. The van der Waals surface area contributed by atoms with Gasteiger partial charge in [-0.1, -0.05) is 6.08 Å². The quantitative estimate of drug-likeness (QED) is 0.453. The van der Waals surface area contributed by atoms with Crippen LogP contribution in [0.3, 0.4) is 0 Å². The van der Waals surface area contributed by atoms with Crippen molar-refractivity contribution in [1.29, 1.82) is 0 Å². The largest absolute Gasteiger partial charge is 0.416 e. The van der Waals surface area contributed by atoms with E-state index in [1.54, 1.807) is 0 Å². The van der Waals surface area contributed by atoms with E-state index in [1.165, 1.54) is 0 Å². The first kappa shape index (κ1) is 19.2. The van der Waals surface area contributed by atoms with E-state index in [4.69, 9.17) is 0 Å². The predicted molar refractivity (Wildman–Crippen MR) is 68.1 cm³/mol. The van der Waals surface area contributed by atoms with Crippen LogP contribution in [0.2, 0.25) is 0 Å². The summed E-state index contributed by atoms with van der Waals surface area (Å²) in [4.78, 5) is 8.95. The molecule has 128 valence electrons. The lowest BCUT2D eigenvalue weighted by molar-refractivity contribution is -0.143. The Balaban J connectivity index is 3.40. The molecule has 0 N–H and O–H groups in total. The van der Waals surface area contributed by atoms with E-state index >= 15 is 0 Å². The minimum absolute atomic E-state index is 0.00613. The molecule has 0 fully saturated rings. The van der Waals surface area contributed by atoms with Gasteiger partial charge in [0.15, 0.2) is 9.84 Å². The minimum atomic E-state index is -5.13. The van der Waals surface area contributed by atoms with Gasteiger partial charge in [-0.15, -0.1) is 0 Å². The zero-order valence-corrected chi connectivity index (χ0v) is 12.1. The van der Waals surface area contributed by atoms with Crippen molar-refractivity contribution < 1.29 is 39.6 Å².